The van der Waals surface area contributed by atoms with E-state index >= 15 is 0 Å². The minimum absolute atomic E-state index is 0.0729. The average molecular weight is 231 g/mol. The Morgan fingerprint density at radius 1 is 1.33 bits per heavy atom. The first kappa shape index (κ1) is 11.8. The van der Waals surface area contributed by atoms with Gasteiger partial charge in [0.1, 0.15) is 0 Å². The Kier molecular flexibility index (Phi) is 2.90. The van der Waals surface area contributed by atoms with Crippen LogP contribution in [0.15, 0.2) is 0 Å². The molecule has 0 aliphatic heterocycles. The van der Waals surface area contributed by atoms with Crippen molar-refractivity contribution in [3.05, 3.63) is 0 Å². The van der Waals surface area contributed by atoms with Crippen molar-refractivity contribution >= 4 is 17.9 Å². The van der Waals surface area contributed by atoms with Gasteiger partial charge in [-0.05, 0) is 0 Å². The van der Waals surface area contributed by atoms with Gasteiger partial charge in [-0.15, -0.1) is 8.69 Å². The fourth-order valence-corrected chi connectivity index (χ4v) is 1.80. The smallest absolute Gasteiger partial charge is 0.309 e. The first-order valence-corrected chi connectivity index (χ1v) is 5.12. The molecule has 12 heavy (non-hydrogen) atoms. The van der Waals surface area contributed by atoms with E-state index in [0.29, 0.717) is 0 Å². The van der Waals surface area contributed by atoms with Gasteiger partial charge in [0.2, 0.25) is 0 Å². The number of hydrogen-bond acceptors (Lipinski definition) is 3. The molecule has 2 N–H and O–H groups in total. The van der Waals surface area contributed by atoms with Crippen LogP contribution in [0, 0.1) is 0 Å². The van der Waals surface area contributed by atoms with Crippen molar-refractivity contribution in [2.45, 2.75) is 5.51 Å². The third-order valence-corrected chi connectivity index (χ3v) is 3.01. The number of sulfonamides is 1. The lowest BCUT2D eigenvalue weighted by Gasteiger charge is -2.08. The number of hydrogen-bond donors (Lipinski definition) is 2. The van der Waals surface area contributed by atoms with Crippen molar-refractivity contribution in [1.82, 2.24) is 4.49 Å². The quantitative estimate of drug-likeness (QED) is 0.535. The summed E-state index contributed by atoms with van der Waals surface area (Å²) in [5.74, 6) is 0. The molecule has 0 aromatic carbocycles. The monoisotopic (exact) mass is 231 g/mol. The highest BCUT2D eigenvalue weighted by Crippen LogP contribution is 2.40. The second-order valence-corrected chi connectivity index (χ2v) is 4.75. The van der Waals surface area contributed by atoms with E-state index in [1.807, 2.05) is 0 Å². The molecule has 0 saturated carbocycles. The molecule has 0 fully saturated rings. The summed E-state index contributed by atoms with van der Waals surface area (Å²) >= 11 is 0. The summed E-state index contributed by atoms with van der Waals surface area (Å²) in [7, 11) is -12.0. The summed E-state index contributed by atoms with van der Waals surface area (Å²) in [6.45, 7) is 0. The predicted octanol–water partition coefficient (Wildman–Crippen LogP) is 0.496. The zero-order valence-corrected chi connectivity index (χ0v) is 6.75. The maximum Gasteiger partial charge on any atom is 0.512 e. The topological polar surface area (TPSA) is 83.5 Å². The van der Waals surface area contributed by atoms with Crippen LogP contribution in [0.4, 0.5) is 17.4 Å². The summed E-state index contributed by atoms with van der Waals surface area (Å²) in [6, 6.07) is 0. The largest absolute Gasteiger partial charge is 0.512 e. The standard InChI is InChI=1S/CH2F4NO4PS/c2-1(3,4)12(9,10)6-11(5,7)8/h(H2,6,7,8). The molecule has 0 radical (unpaired) electrons. The predicted molar refractivity (Wildman–Crippen MR) is 29.0 cm³/mol. The summed E-state index contributed by atoms with van der Waals surface area (Å²) in [5, 5.41) is 0. The van der Waals surface area contributed by atoms with Crippen LogP contribution in [-0.4, -0.2) is 18.8 Å². The Labute approximate surface area is 64.1 Å². The molecule has 0 bridgehead atoms. The highest BCUT2D eigenvalue weighted by molar-refractivity contribution is 7.95. The van der Waals surface area contributed by atoms with Crippen molar-refractivity contribution in [2.24, 2.45) is 0 Å². The van der Waals surface area contributed by atoms with Gasteiger partial charge in [-0.1, -0.05) is 0 Å². The highest BCUT2D eigenvalue weighted by atomic mass is 32.2. The van der Waals surface area contributed by atoms with E-state index in [1.165, 1.54) is 0 Å². The van der Waals surface area contributed by atoms with Crippen LogP contribution in [0.2, 0.25) is 0 Å². The Balaban J connectivity index is 4.83. The Bertz CT molecular complexity index is 300. The molecule has 0 aliphatic carbocycles. The molecule has 0 heterocycles. The van der Waals surface area contributed by atoms with Gasteiger partial charge in [-0.25, -0.2) is 13.0 Å². The molecular formula is CH2F4NO4PS. The van der Waals surface area contributed by atoms with Crippen LogP contribution in [0.3, 0.4) is 0 Å². The lowest BCUT2D eigenvalue weighted by atomic mass is 11.6. The molecule has 0 spiro atoms. The number of alkyl halides is 3. The second-order valence-electron chi connectivity index (χ2n) is 1.54. The summed E-state index contributed by atoms with van der Waals surface area (Å²) < 4.78 is 74.7. The van der Waals surface area contributed by atoms with E-state index in [4.69, 9.17) is 4.89 Å². The van der Waals surface area contributed by atoms with Crippen molar-refractivity contribution in [1.29, 1.82) is 0 Å². The van der Waals surface area contributed by atoms with Gasteiger partial charge in [0.25, 0.3) is 0 Å². The minimum atomic E-state index is -6.09. The lowest BCUT2D eigenvalue weighted by molar-refractivity contribution is -0.0443. The van der Waals surface area contributed by atoms with Crippen molar-refractivity contribution < 1.29 is 35.2 Å². The second kappa shape index (κ2) is 2.95. The maximum atomic E-state index is 11.5. The van der Waals surface area contributed by atoms with Crippen LogP contribution in [-0.2, 0) is 14.6 Å². The van der Waals surface area contributed by atoms with Crippen molar-refractivity contribution in [3.63, 3.8) is 0 Å². The Morgan fingerprint density at radius 2 is 1.67 bits per heavy atom. The minimum Gasteiger partial charge on any atom is -0.309 e. The molecule has 74 valence electrons. The third-order valence-electron chi connectivity index (χ3n) is 0.537. The van der Waals surface area contributed by atoms with E-state index in [2.05, 4.69) is 0 Å². The number of rotatable bonds is 2. The van der Waals surface area contributed by atoms with Gasteiger partial charge in [0.05, 0.1) is 0 Å². The van der Waals surface area contributed by atoms with Crippen molar-refractivity contribution in [2.75, 3.05) is 0 Å². The molecule has 0 amide bonds. The lowest BCUT2D eigenvalue weighted by Crippen LogP contribution is -2.33. The molecule has 11 heteroatoms. The molecule has 0 saturated heterocycles. The van der Waals surface area contributed by atoms with Crippen molar-refractivity contribution in [3.8, 4) is 0 Å². The van der Waals surface area contributed by atoms with Crippen LogP contribution in [0.5, 0.6) is 0 Å². The molecule has 0 aromatic rings. The Morgan fingerprint density at radius 3 is 1.75 bits per heavy atom. The fraction of sp³-hybridized carbons (Fsp3) is 1.00. The molecule has 1 atom stereocenters. The van der Waals surface area contributed by atoms with Gasteiger partial charge in [-0.3, -0.25) is 0 Å². The van der Waals surface area contributed by atoms with Crippen LogP contribution in [0.1, 0.15) is 0 Å². The Hall–Kier alpha value is -0.180. The van der Waals surface area contributed by atoms with Gasteiger partial charge in [0.15, 0.2) is 0 Å². The normalized spacial score (nSPS) is 18.8. The number of halogens is 4. The van der Waals surface area contributed by atoms with E-state index < -0.39 is 23.4 Å². The van der Waals surface area contributed by atoms with Gasteiger partial charge < -0.3 is 4.89 Å². The SMILES string of the molecule is O=P(O)(F)NS(=O)(=O)C(F)(F)F. The van der Waals surface area contributed by atoms with E-state index in [1.54, 1.807) is 0 Å². The van der Waals surface area contributed by atoms with E-state index in [-0.39, 0.29) is 4.49 Å². The molecular weight excluding hydrogens is 229 g/mol. The van der Waals surface area contributed by atoms with Crippen LogP contribution in [0.25, 0.3) is 0 Å². The highest BCUT2D eigenvalue weighted by Gasteiger charge is 2.49. The summed E-state index contributed by atoms with van der Waals surface area (Å²) in [4.78, 5) is 7.62. The first-order valence-electron chi connectivity index (χ1n) is 2.08. The van der Waals surface area contributed by atoms with Crippen LogP contribution >= 0.6 is 7.83 Å². The maximum absolute atomic E-state index is 11.5. The number of nitrogens with one attached hydrogen (secondary N) is 1. The molecule has 1 unspecified atom stereocenters. The van der Waals surface area contributed by atoms with Gasteiger partial charge in [0, 0.05) is 0 Å². The first-order chi connectivity index (χ1) is 4.96. The summed E-state index contributed by atoms with van der Waals surface area (Å²) in [6.07, 6.45) is 0. The third kappa shape index (κ3) is 3.48. The van der Waals surface area contributed by atoms with E-state index in [9.17, 15) is 30.4 Å². The molecule has 0 rings (SSSR count). The molecule has 0 aliphatic rings. The average Bonchev–Trinajstić information content (AvgIpc) is 1.52. The van der Waals surface area contributed by atoms with Gasteiger partial charge in [-0.2, -0.15) is 13.2 Å². The summed E-state index contributed by atoms with van der Waals surface area (Å²) in [5.41, 5.74) is -5.81. The molecule has 5 nitrogen and oxygen atoms in total. The zero-order chi connectivity index (χ0) is 10.2. The van der Waals surface area contributed by atoms with Crippen LogP contribution < -0.4 is 4.49 Å². The molecule has 0 aromatic heterocycles. The zero-order valence-electron chi connectivity index (χ0n) is 5.04. The fourth-order valence-electron chi connectivity index (χ4n) is 0.200. The van der Waals surface area contributed by atoms with Gasteiger partial charge >= 0.3 is 23.4 Å². The van der Waals surface area contributed by atoms with E-state index in [0.717, 1.165) is 0 Å².